The van der Waals surface area contributed by atoms with E-state index in [4.69, 9.17) is 10.1 Å². The van der Waals surface area contributed by atoms with Gasteiger partial charge in [-0.2, -0.15) is 10.4 Å². The van der Waals surface area contributed by atoms with Gasteiger partial charge in [0.25, 0.3) is 0 Å². The van der Waals surface area contributed by atoms with Crippen molar-refractivity contribution in [2.45, 2.75) is 48.4 Å². The van der Waals surface area contributed by atoms with Gasteiger partial charge in [0.1, 0.15) is 17.4 Å². The van der Waals surface area contributed by atoms with E-state index < -0.39 is 10.8 Å². The van der Waals surface area contributed by atoms with Gasteiger partial charge < -0.3 is 0 Å². The van der Waals surface area contributed by atoms with Gasteiger partial charge in [-0.1, -0.05) is 18.2 Å². The molecule has 2 aliphatic carbocycles. The largest absolute Gasteiger partial charge is 0.269 e. The summed E-state index contributed by atoms with van der Waals surface area (Å²) in [4.78, 5) is 12.9. The minimum Gasteiger partial charge on any atom is -0.269 e. The fourth-order valence-corrected chi connectivity index (χ4v) is 6.39. The van der Waals surface area contributed by atoms with E-state index in [2.05, 4.69) is 16.0 Å². The minimum absolute atomic E-state index is 0.280. The fraction of sp³-hybridized carbons (Fsp3) is 0.381. The molecule has 2 aliphatic rings. The summed E-state index contributed by atoms with van der Waals surface area (Å²) in [6, 6.07) is 6.60. The molecule has 0 N–H and O–H groups in total. The monoisotopic (exact) mass is 436 g/mol. The number of nitrogens with zero attached hydrogens (tertiary/aromatic N) is 6. The van der Waals surface area contributed by atoms with Crippen molar-refractivity contribution >= 4 is 22.6 Å². The molecule has 9 heteroatoms. The molecule has 0 radical (unpaired) electrons. The highest BCUT2D eigenvalue weighted by molar-refractivity contribution is 8.10. The Labute approximate surface area is 181 Å². The number of aromatic nitrogens is 5. The van der Waals surface area contributed by atoms with Gasteiger partial charge >= 0.3 is 0 Å². The quantitative estimate of drug-likeness (QED) is 0.517. The molecule has 0 spiro atoms. The number of hydrogen-bond donors (Lipinski definition) is 0. The molecule has 0 saturated heterocycles. The second-order valence-electron chi connectivity index (χ2n) is 7.58. The van der Waals surface area contributed by atoms with Crippen molar-refractivity contribution in [3.05, 3.63) is 42.6 Å². The van der Waals surface area contributed by atoms with Crippen LogP contribution in [-0.2, 0) is 10.8 Å². The maximum absolute atomic E-state index is 12.5. The lowest BCUT2D eigenvalue weighted by atomic mass is 10.0. The van der Waals surface area contributed by atoms with Gasteiger partial charge in [0, 0.05) is 45.8 Å². The van der Waals surface area contributed by atoms with E-state index >= 15 is 0 Å². The first-order valence-corrected chi connectivity index (χ1v) is 12.4. The van der Waals surface area contributed by atoms with E-state index in [-0.39, 0.29) is 5.25 Å². The normalized spacial score (nSPS) is 17.3. The average molecular weight is 437 g/mol. The molecule has 0 bridgehead atoms. The Kier molecular flexibility index (Phi) is 5.35. The second-order valence-corrected chi connectivity index (χ2v) is 10.6. The van der Waals surface area contributed by atoms with Crippen molar-refractivity contribution in [3.63, 3.8) is 0 Å². The van der Waals surface area contributed by atoms with Crippen LogP contribution in [0.5, 0.6) is 0 Å². The van der Waals surface area contributed by atoms with Crippen molar-refractivity contribution in [1.29, 1.82) is 5.26 Å². The molecular weight excluding hydrogens is 416 g/mol. The highest BCUT2D eigenvalue weighted by Gasteiger charge is 2.27. The van der Waals surface area contributed by atoms with Crippen molar-refractivity contribution in [1.82, 2.24) is 24.7 Å². The van der Waals surface area contributed by atoms with Crippen molar-refractivity contribution in [3.8, 4) is 28.6 Å². The van der Waals surface area contributed by atoms with E-state index in [0.717, 1.165) is 48.9 Å². The Bertz CT molecular complexity index is 1130. The summed E-state index contributed by atoms with van der Waals surface area (Å²) in [6.45, 7) is 0. The molecule has 3 aromatic rings. The van der Waals surface area contributed by atoms with E-state index in [1.165, 1.54) is 18.1 Å². The average Bonchev–Trinajstić information content (AvgIpc) is 3.47. The molecule has 0 aliphatic heterocycles. The number of rotatable bonds is 7. The van der Waals surface area contributed by atoms with Crippen LogP contribution in [0.2, 0.25) is 0 Å². The first kappa shape index (κ1) is 19.4. The van der Waals surface area contributed by atoms with E-state index in [9.17, 15) is 9.47 Å². The van der Waals surface area contributed by atoms with Gasteiger partial charge in [-0.3, -0.25) is 8.89 Å². The predicted molar refractivity (Wildman–Crippen MR) is 116 cm³/mol. The van der Waals surface area contributed by atoms with E-state index in [1.54, 1.807) is 12.4 Å². The molecular formula is C21H20N6OS2. The van der Waals surface area contributed by atoms with Gasteiger partial charge in [-0.05, 0) is 37.8 Å². The zero-order chi connectivity index (χ0) is 20.5. The molecule has 7 nitrogen and oxygen atoms in total. The fourth-order valence-electron chi connectivity index (χ4n) is 3.38. The highest BCUT2D eigenvalue weighted by Crippen LogP contribution is 2.37. The van der Waals surface area contributed by atoms with Crippen molar-refractivity contribution < 1.29 is 4.21 Å². The number of hydrogen-bond acceptors (Lipinski definition) is 7. The lowest BCUT2D eigenvalue weighted by molar-refractivity contribution is 0.506. The Morgan fingerprint density at radius 2 is 2.00 bits per heavy atom. The molecule has 1 atom stereocenters. The summed E-state index contributed by atoms with van der Waals surface area (Å²) in [5.41, 5.74) is 3.42. The minimum atomic E-state index is -0.916. The van der Waals surface area contributed by atoms with Crippen LogP contribution < -0.4 is 0 Å². The summed E-state index contributed by atoms with van der Waals surface area (Å²) in [6.07, 6.45) is 12.3. The van der Waals surface area contributed by atoms with E-state index in [1.807, 2.05) is 23.0 Å². The lowest BCUT2D eigenvalue weighted by Crippen LogP contribution is -2.24. The first-order valence-electron chi connectivity index (χ1n) is 9.99. The van der Waals surface area contributed by atoms with Crippen LogP contribution in [0.4, 0.5) is 0 Å². The lowest BCUT2D eigenvalue weighted by Gasteiger charge is -2.24. The van der Waals surface area contributed by atoms with Gasteiger partial charge in [-0.15, -0.1) is 0 Å². The van der Waals surface area contributed by atoms with Gasteiger partial charge in [0.2, 0.25) is 0 Å². The third-order valence-corrected chi connectivity index (χ3v) is 8.68. The van der Waals surface area contributed by atoms with Crippen LogP contribution in [-0.4, -0.2) is 39.3 Å². The van der Waals surface area contributed by atoms with Crippen LogP contribution in [0.3, 0.4) is 0 Å². The number of pyridine rings is 1. The maximum Gasteiger partial charge on any atom is 0.116 e. The molecule has 0 aromatic carbocycles. The predicted octanol–water partition coefficient (Wildman–Crippen LogP) is 3.96. The van der Waals surface area contributed by atoms with Crippen molar-refractivity contribution in [2.24, 2.45) is 0 Å². The van der Waals surface area contributed by atoms with Crippen molar-refractivity contribution in [2.75, 3.05) is 5.08 Å². The maximum atomic E-state index is 12.5. The smallest absolute Gasteiger partial charge is 0.116 e. The highest BCUT2D eigenvalue weighted by atomic mass is 32.2. The third kappa shape index (κ3) is 3.89. The van der Waals surface area contributed by atoms with Crippen LogP contribution in [0, 0.1) is 11.3 Å². The van der Waals surface area contributed by atoms with Crippen LogP contribution in [0.1, 0.15) is 43.7 Å². The van der Waals surface area contributed by atoms with E-state index in [0.29, 0.717) is 27.4 Å². The third-order valence-electron chi connectivity index (χ3n) is 5.50. The van der Waals surface area contributed by atoms with Gasteiger partial charge in [0.05, 0.1) is 28.1 Å². The standard InChI is InChI=1S/C21H20N6OS2/c22-9-18-17(19-6-7-27(26-19)15-4-5-15)8-20(14-10-23-12-24-11-14)25-21(18)29-13-30(28)16-2-1-3-16/h6-8,10-12,15-16H,1-5,13H2. The van der Waals surface area contributed by atoms with Crippen LogP contribution >= 0.6 is 11.8 Å². The summed E-state index contributed by atoms with van der Waals surface area (Å²) >= 11 is 1.39. The summed E-state index contributed by atoms with van der Waals surface area (Å²) in [5.74, 6) is 0. The zero-order valence-corrected chi connectivity index (χ0v) is 17.9. The Morgan fingerprint density at radius 3 is 2.67 bits per heavy atom. The molecule has 30 heavy (non-hydrogen) atoms. The summed E-state index contributed by atoms with van der Waals surface area (Å²) in [7, 11) is -0.916. The first-order chi connectivity index (χ1) is 14.7. The number of nitriles is 1. The van der Waals surface area contributed by atoms with Gasteiger partial charge in [0.15, 0.2) is 0 Å². The SMILES string of the molecule is N#Cc1c(-c2ccn(C3CC3)n2)cc(-c2cncnc2)nc1SCS(=O)C1CCC1. The van der Waals surface area contributed by atoms with Gasteiger partial charge in [-0.25, -0.2) is 15.0 Å². The molecule has 2 saturated carbocycles. The Balaban J connectivity index is 1.55. The van der Waals surface area contributed by atoms with Crippen LogP contribution in [0.25, 0.3) is 22.5 Å². The topological polar surface area (TPSA) is 97.3 Å². The zero-order valence-electron chi connectivity index (χ0n) is 16.3. The Morgan fingerprint density at radius 1 is 1.20 bits per heavy atom. The molecule has 2 fully saturated rings. The second kappa shape index (κ2) is 8.28. The summed E-state index contributed by atoms with van der Waals surface area (Å²) in [5, 5.41) is 16.0. The van der Waals surface area contributed by atoms with Crippen LogP contribution in [0.15, 0.2) is 42.1 Å². The molecule has 0 amide bonds. The summed E-state index contributed by atoms with van der Waals surface area (Å²) < 4.78 is 14.5. The molecule has 152 valence electrons. The molecule has 3 aromatic heterocycles. The molecule has 1 unspecified atom stereocenters. The molecule has 5 rings (SSSR count). The Hall–Kier alpha value is -2.57. The molecule has 3 heterocycles. The number of thioether (sulfide) groups is 1.